The molecule has 128 valence electrons. The van der Waals surface area contributed by atoms with Crippen molar-refractivity contribution in [1.82, 2.24) is 10.5 Å². The highest BCUT2D eigenvalue weighted by atomic mass is 16.5. The lowest BCUT2D eigenvalue weighted by atomic mass is 10.0. The van der Waals surface area contributed by atoms with Gasteiger partial charge in [0.25, 0.3) is 0 Å². The van der Waals surface area contributed by atoms with Crippen LogP contribution in [0.5, 0.6) is 0 Å². The van der Waals surface area contributed by atoms with E-state index in [1.807, 2.05) is 48.5 Å². The van der Waals surface area contributed by atoms with E-state index in [0.717, 1.165) is 10.9 Å². The number of fused-ring (bicyclic) bond motifs is 1. The number of benzene rings is 2. The molecule has 1 heterocycles. The van der Waals surface area contributed by atoms with Crippen molar-refractivity contribution >= 4 is 22.8 Å². The molecule has 1 aromatic heterocycles. The number of carbonyl (C=O) groups excluding carboxylic acids is 2. The van der Waals surface area contributed by atoms with E-state index in [-0.39, 0.29) is 24.7 Å². The Balaban J connectivity index is 1.74. The van der Waals surface area contributed by atoms with Crippen molar-refractivity contribution in [1.29, 1.82) is 0 Å². The number of hydrogen-bond donors (Lipinski definition) is 1. The summed E-state index contributed by atoms with van der Waals surface area (Å²) in [6, 6.07) is 16.2. The van der Waals surface area contributed by atoms with E-state index < -0.39 is 6.04 Å². The fourth-order valence-corrected chi connectivity index (χ4v) is 2.65. The second-order valence-electron chi connectivity index (χ2n) is 5.61. The first kappa shape index (κ1) is 16.7. The molecule has 0 fully saturated rings. The highest BCUT2D eigenvalue weighted by molar-refractivity contribution is 5.86. The molecule has 1 N–H and O–H groups in total. The van der Waals surface area contributed by atoms with Gasteiger partial charge in [0.1, 0.15) is 5.69 Å². The van der Waals surface area contributed by atoms with E-state index in [0.29, 0.717) is 11.3 Å². The van der Waals surface area contributed by atoms with Crippen LogP contribution in [0.25, 0.3) is 11.0 Å². The molecule has 0 bridgehead atoms. The monoisotopic (exact) mass is 338 g/mol. The molecule has 0 saturated carbocycles. The Bertz CT molecular complexity index is 873. The number of carbonyl (C=O) groups is 2. The third-order valence-electron chi connectivity index (χ3n) is 3.92. The molecule has 1 amide bonds. The summed E-state index contributed by atoms with van der Waals surface area (Å²) >= 11 is 0. The van der Waals surface area contributed by atoms with Crippen LogP contribution in [0.15, 0.2) is 59.1 Å². The number of nitrogens with zero attached hydrogens (tertiary/aromatic N) is 1. The van der Waals surface area contributed by atoms with E-state index in [9.17, 15) is 9.59 Å². The van der Waals surface area contributed by atoms with Crippen LogP contribution in [0, 0.1) is 0 Å². The first-order valence-corrected chi connectivity index (χ1v) is 7.92. The minimum Gasteiger partial charge on any atom is -0.469 e. The van der Waals surface area contributed by atoms with E-state index in [1.54, 1.807) is 6.07 Å². The third kappa shape index (κ3) is 4.03. The summed E-state index contributed by atoms with van der Waals surface area (Å²) < 4.78 is 9.95. The summed E-state index contributed by atoms with van der Waals surface area (Å²) in [6.45, 7) is 0. The predicted octanol–water partition coefficient (Wildman–Crippen LogP) is 2.79. The summed E-state index contributed by atoms with van der Waals surface area (Å²) in [5.41, 5.74) is 2.05. The second kappa shape index (κ2) is 7.61. The van der Waals surface area contributed by atoms with Crippen LogP contribution >= 0.6 is 0 Å². The Morgan fingerprint density at radius 2 is 1.84 bits per heavy atom. The molecular formula is C19H18N2O4. The molecule has 0 spiro atoms. The molecule has 0 radical (unpaired) electrons. The molecule has 0 aliphatic rings. The van der Waals surface area contributed by atoms with Gasteiger partial charge in [-0.15, -0.1) is 0 Å². The second-order valence-corrected chi connectivity index (χ2v) is 5.61. The quantitative estimate of drug-likeness (QED) is 0.699. The summed E-state index contributed by atoms with van der Waals surface area (Å²) in [5.74, 6) is -0.627. The van der Waals surface area contributed by atoms with Gasteiger partial charge in [0.2, 0.25) is 5.91 Å². The average molecular weight is 338 g/mol. The zero-order valence-corrected chi connectivity index (χ0v) is 13.8. The minimum atomic E-state index is -0.459. The molecule has 1 unspecified atom stereocenters. The van der Waals surface area contributed by atoms with Crippen LogP contribution in [-0.2, 0) is 20.7 Å². The van der Waals surface area contributed by atoms with Crippen LogP contribution in [0.4, 0.5) is 0 Å². The molecule has 0 saturated heterocycles. The maximum atomic E-state index is 12.5. The number of aromatic nitrogens is 1. The smallest absolute Gasteiger partial charge is 0.307 e. The van der Waals surface area contributed by atoms with E-state index >= 15 is 0 Å². The Hall–Kier alpha value is -3.15. The SMILES string of the molecule is COC(=O)CC(NC(=O)Cc1noc2ccccc12)c1ccccc1. The number of nitrogens with one attached hydrogen (secondary N) is 1. The molecule has 3 rings (SSSR count). The van der Waals surface area contributed by atoms with Crippen molar-refractivity contribution in [3.8, 4) is 0 Å². The van der Waals surface area contributed by atoms with Crippen molar-refractivity contribution in [2.24, 2.45) is 0 Å². The lowest BCUT2D eigenvalue weighted by Gasteiger charge is -2.18. The van der Waals surface area contributed by atoms with Crippen LogP contribution < -0.4 is 5.32 Å². The van der Waals surface area contributed by atoms with Gasteiger partial charge in [0.05, 0.1) is 26.0 Å². The van der Waals surface area contributed by atoms with Crippen LogP contribution in [0.2, 0.25) is 0 Å². The Morgan fingerprint density at radius 1 is 1.12 bits per heavy atom. The predicted molar refractivity (Wildman–Crippen MR) is 91.7 cm³/mol. The normalized spacial score (nSPS) is 11.9. The lowest BCUT2D eigenvalue weighted by molar-refractivity contribution is -0.141. The average Bonchev–Trinajstić information content (AvgIpc) is 3.04. The molecule has 0 aliphatic heterocycles. The summed E-state index contributed by atoms with van der Waals surface area (Å²) in [4.78, 5) is 24.1. The molecule has 6 heteroatoms. The molecule has 2 aromatic carbocycles. The zero-order valence-electron chi connectivity index (χ0n) is 13.8. The van der Waals surface area contributed by atoms with E-state index in [4.69, 9.17) is 9.26 Å². The number of ether oxygens (including phenoxy) is 1. The van der Waals surface area contributed by atoms with Gasteiger partial charge in [-0.25, -0.2) is 0 Å². The summed E-state index contributed by atoms with van der Waals surface area (Å²) in [6.07, 6.45) is 0.132. The number of hydrogen-bond acceptors (Lipinski definition) is 5. The van der Waals surface area contributed by atoms with Gasteiger partial charge in [-0.1, -0.05) is 47.6 Å². The van der Waals surface area contributed by atoms with Gasteiger partial charge in [-0.2, -0.15) is 0 Å². The maximum absolute atomic E-state index is 12.5. The first-order chi connectivity index (χ1) is 12.2. The lowest BCUT2D eigenvalue weighted by Crippen LogP contribution is -2.31. The van der Waals surface area contributed by atoms with Crippen molar-refractivity contribution in [3.05, 3.63) is 65.9 Å². The molecule has 0 aliphatic carbocycles. The van der Waals surface area contributed by atoms with Crippen molar-refractivity contribution in [2.75, 3.05) is 7.11 Å². The first-order valence-electron chi connectivity index (χ1n) is 7.92. The van der Waals surface area contributed by atoms with Gasteiger partial charge in [-0.3, -0.25) is 9.59 Å². The van der Waals surface area contributed by atoms with Gasteiger partial charge in [0, 0.05) is 5.39 Å². The van der Waals surface area contributed by atoms with Crippen molar-refractivity contribution < 1.29 is 18.8 Å². The highest BCUT2D eigenvalue weighted by Gasteiger charge is 2.20. The van der Waals surface area contributed by atoms with Gasteiger partial charge < -0.3 is 14.6 Å². The topological polar surface area (TPSA) is 81.4 Å². The van der Waals surface area contributed by atoms with Crippen LogP contribution in [0.3, 0.4) is 0 Å². The Kier molecular flexibility index (Phi) is 5.09. The van der Waals surface area contributed by atoms with E-state index in [1.165, 1.54) is 7.11 Å². The fourth-order valence-electron chi connectivity index (χ4n) is 2.65. The fraction of sp³-hybridized carbons (Fsp3) is 0.211. The molecule has 25 heavy (non-hydrogen) atoms. The molecular weight excluding hydrogens is 320 g/mol. The third-order valence-corrected chi connectivity index (χ3v) is 3.92. The van der Waals surface area contributed by atoms with E-state index in [2.05, 4.69) is 10.5 Å². The summed E-state index contributed by atoms with van der Waals surface area (Å²) in [5, 5.41) is 7.65. The number of esters is 1. The largest absolute Gasteiger partial charge is 0.469 e. The van der Waals surface area contributed by atoms with Crippen molar-refractivity contribution in [2.45, 2.75) is 18.9 Å². The standard InChI is InChI=1S/C19H18N2O4/c1-24-19(23)12-15(13-7-3-2-4-8-13)20-18(22)11-16-14-9-5-6-10-17(14)25-21-16/h2-10,15H,11-12H2,1H3,(H,20,22). The number of para-hydroxylation sites is 1. The number of amides is 1. The Morgan fingerprint density at radius 3 is 2.60 bits per heavy atom. The van der Waals surface area contributed by atoms with Gasteiger partial charge >= 0.3 is 5.97 Å². The maximum Gasteiger partial charge on any atom is 0.307 e. The minimum absolute atomic E-state index is 0.0613. The summed E-state index contributed by atoms with van der Waals surface area (Å²) in [7, 11) is 1.33. The van der Waals surface area contributed by atoms with Gasteiger partial charge in [0.15, 0.2) is 5.58 Å². The molecule has 1 atom stereocenters. The van der Waals surface area contributed by atoms with Crippen LogP contribution in [-0.4, -0.2) is 24.1 Å². The molecule has 6 nitrogen and oxygen atoms in total. The zero-order chi connectivity index (χ0) is 17.6. The van der Waals surface area contributed by atoms with Crippen LogP contribution in [0.1, 0.15) is 23.7 Å². The molecule has 3 aromatic rings. The van der Waals surface area contributed by atoms with Crippen molar-refractivity contribution in [3.63, 3.8) is 0 Å². The van der Waals surface area contributed by atoms with Gasteiger partial charge in [-0.05, 0) is 17.7 Å². The highest BCUT2D eigenvalue weighted by Crippen LogP contribution is 2.20. The number of rotatable bonds is 6. The Labute approximate surface area is 144 Å². The number of methoxy groups -OCH3 is 1.